The lowest BCUT2D eigenvalue weighted by Crippen LogP contribution is -2.56. The first-order chi connectivity index (χ1) is 16.6. The predicted octanol–water partition coefficient (Wildman–Crippen LogP) is 4.24. The molecule has 1 aromatic carbocycles. The van der Waals surface area contributed by atoms with Gasteiger partial charge in [0.2, 0.25) is 5.91 Å². The van der Waals surface area contributed by atoms with Crippen LogP contribution in [0.5, 0.6) is 0 Å². The molecular weight excluding hydrogens is 447 g/mol. The number of carbonyl (C=O) groups excluding carboxylic acids is 2. The van der Waals surface area contributed by atoms with Crippen LogP contribution < -0.4 is 5.32 Å². The molecule has 6 nitrogen and oxygen atoms in total. The summed E-state index contributed by atoms with van der Waals surface area (Å²) in [6.45, 7) is 7.73. The molecule has 2 fully saturated rings. The number of esters is 1. The third-order valence-corrected chi connectivity index (χ3v) is 7.69. The lowest BCUT2D eigenvalue weighted by atomic mass is 9.54. The lowest BCUT2D eigenvalue weighted by Gasteiger charge is -2.46. The van der Waals surface area contributed by atoms with Crippen LogP contribution in [0.3, 0.4) is 0 Å². The van der Waals surface area contributed by atoms with Crippen molar-refractivity contribution in [3.05, 3.63) is 60.2 Å². The Morgan fingerprint density at radius 2 is 2.06 bits per heavy atom. The molecule has 2 aromatic rings. The van der Waals surface area contributed by atoms with Crippen LogP contribution in [0.25, 0.3) is 17.2 Å². The largest absolute Gasteiger partial charge is 0.461 e. The van der Waals surface area contributed by atoms with Crippen molar-refractivity contribution in [3.8, 4) is 11.1 Å². The number of nitrogens with one attached hydrogen (secondary N) is 1. The Labute approximate surface area is 205 Å². The molecule has 1 aromatic heterocycles. The number of aromatic nitrogens is 1. The SMILES string of the molecule is CC1C[C@@]2(C(=O)NC[C@@H](C)O)C(=O)OC(C)C2C(/C=C/c2ccc(-c3cccc(F)c3)cn2)C1C. The monoisotopic (exact) mass is 480 g/mol. The molecule has 35 heavy (non-hydrogen) atoms. The number of rotatable bonds is 6. The Morgan fingerprint density at radius 3 is 2.71 bits per heavy atom. The number of pyridine rings is 1. The van der Waals surface area contributed by atoms with Crippen LogP contribution >= 0.6 is 0 Å². The standard InChI is InChI=1S/C28H33FN2O4/c1-16-13-28(26(33)31-14-17(2)32)25(19(4)35-27(28)34)24(18(16)3)11-10-23-9-8-21(15-30-23)20-6-5-7-22(29)12-20/h5-12,15-19,24-25,32H,13-14H2,1-4H3,(H,31,33)/b11-10+/t16?,17-,18?,19?,24?,25?,28-/m1/s1. The molecule has 1 saturated carbocycles. The van der Waals surface area contributed by atoms with Crippen molar-refractivity contribution >= 4 is 18.0 Å². The number of fused-ring (bicyclic) bond motifs is 1. The van der Waals surface area contributed by atoms with Gasteiger partial charge in [0.25, 0.3) is 0 Å². The van der Waals surface area contributed by atoms with Gasteiger partial charge in [0, 0.05) is 24.2 Å². The van der Waals surface area contributed by atoms with E-state index in [2.05, 4.69) is 24.1 Å². The van der Waals surface area contributed by atoms with Crippen LogP contribution in [0.1, 0.15) is 39.8 Å². The van der Waals surface area contributed by atoms with Crippen LogP contribution in [-0.2, 0) is 14.3 Å². The quantitative estimate of drug-likeness (QED) is 0.477. The molecule has 186 valence electrons. The molecule has 2 N–H and O–H groups in total. The molecule has 2 aliphatic rings. The Hall–Kier alpha value is -3.06. The molecule has 0 spiro atoms. The first-order valence-electron chi connectivity index (χ1n) is 12.2. The van der Waals surface area contributed by atoms with Crippen LogP contribution in [0.2, 0.25) is 0 Å². The number of ether oxygens (including phenoxy) is 1. The van der Waals surface area contributed by atoms with Crippen molar-refractivity contribution in [2.24, 2.45) is 29.1 Å². The van der Waals surface area contributed by atoms with E-state index in [0.717, 1.165) is 16.8 Å². The van der Waals surface area contributed by atoms with E-state index in [1.54, 1.807) is 19.2 Å². The zero-order chi connectivity index (χ0) is 25.3. The van der Waals surface area contributed by atoms with Gasteiger partial charge in [0.05, 0.1) is 11.8 Å². The van der Waals surface area contributed by atoms with Crippen molar-refractivity contribution < 1.29 is 23.8 Å². The Morgan fingerprint density at radius 1 is 1.29 bits per heavy atom. The first kappa shape index (κ1) is 25.0. The van der Waals surface area contributed by atoms with Gasteiger partial charge in [0.1, 0.15) is 11.9 Å². The fourth-order valence-electron chi connectivity index (χ4n) is 5.73. The summed E-state index contributed by atoms with van der Waals surface area (Å²) in [5.41, 5.74) is 1.03. The van der Waals surface area contributed by atoms with Crippen molar-refractivity contribution in [1.82, 2.24) is 10.3 Å². The van der Waals surface area contributed by atoms with Gasteiger partial charge < -0.3 is 15.2 Å². The van der Waals surface area contributed by atoms with E-state index in [-0.39, 0.29) is 41.9 Å². The van der Waals surface area contributed by atoms with Gasteiger partial charge in [0.15, 0.2) is 5.41 Å². The fourth-order valence-corrected chi connectivity index (χ4v) is 5.73. The van der Waals surface area contributed by atoms with E-state index in [1.165, 1.54) is 12.1 Å². The summed E-state index contributed by atoms with van der Waals surface area (Å²) in [7, 11) is 0. The Balaban J connectivity index is 1.61. The number of cyclic esters (lactones) is 1. The minimum atomic E-state index is -1.27. The normalized spacial score (nSPS) is 31.1. The molecule has 1 aliphatic carbocycles. The highest BCUT2D eigenvalue weighted by molar-refractivity contribution is 6.04. The molecule has 1 saturated heterocycles. The zero-order valence-electron chi connectivity index (χ0n) is 20.6. The molecule has 2 heterocycles. The second-order valence-electron chi connectivity index (χ2n) is 10.1. The van der Waals surface area contributed by atoms with E-state index in [1.807, 2.05) is 37.3 Å². The third-order valence-electron chi connectivity index (χ3n) is 7.69. The summed E-state index contributed by atoms with van der Waals surface area (Å²) >= 11 is 0. The van der Waals surface area contributed by atoms with Gasteiger partial charge in [-0.25, -0.2) is 4.39 Å². The third kappa shape index (κ3) is 4.74. The van der Waals surface area contributed by atoms with Crippen molar-refractivity contribution in [1.29, 1.82) is 0 Å². The first-order valence-corrected chi connectivity index (χ1v) is 12.2. The maximum absolute atomic E-state index is 13.6. The van der Waals surface area contributed by atoms with Crippen LogP contribution in [-0.4, -0.2) is 40.7 Å². The number of hydrogen-bond acceptors (Lipinski definition) is 5. The second kappa shape index (κ2) is 9.90. The number of aliphatic hydroxyl groups is 1. The van der Waals surface area contributed by atoms with Gasteiger partial charge in [-0.05, 0) is 67.9 Å². The summed E-state index contributed by atoms with van der Waals surface area (Å²) in [5.74, 6) is -1.22. The Bertz CT molecular complexity index is 1120. The number of hydrogen-bond donors (Lipinski definition) is 2. The highest BCUT2D eigenvalue weighted by atomic mass is 19.1. The van der Waals surface area contributed by atoms with E-state index in [0.29, 0.717) is 6.42 Å². The van der Waals surface area contributed by atoms with Gasteiger partial charge in [-0.15, -0.1) is 0 Å². The molecule has 5 unspecified atom stereocenters. The van der Waals surface area contributed by atoms with Crippen molar-refractivity contribution in [2.45, 2.75) is 46.3 Å². The van der Waals surface area contributed by atoms with Gasteiger partial charge in [-0.2, -0.15) is 0 Å². The van der Waals surface area contributed by atoms with Gasteiger partial charge in [-0.3, -0.25) is 14.6 Å². The molecule has 1 amide bonds. The van der Waals surface area contributed by atoms with E-state index < -0.39 is 23.6 Å². The summed E-state index contributed by atoms with van der Waals surface area (Å²) < 4.78 is 19.2. The molecular formula is C28H33FN2O4. The molecule has 1 aliphatic heterocycles. The van der Waals surface area contributed by atoms with Crippen LogP contribution in [0, 0.1) is 34.9 Å². The highest BCUT2D eigenvalue weighted by Crippen LogP contribution is 2.56. The predicted molar refractivity (Wildman–Crippen MR) is 131 cm³/mol. The van der Waals surface area contributed by atoms with Crippen LogP contribution in [0.4, 0.5) is 4.39 Å². The smallest absolute Gasteiger partial charge is 0.322 e. The number of halogens is 1. The molecule has 0 bridgehead atoms. The summed E-state index contributed by atoms with van der Waals surface area (Å²) in [6, 6.07) is 10.1. The number of carbonyl (C=O) groups is 2. The minimum Gasteiger partial charge on any atom is -0.461 e. The van der Waals surface area contributed by atoms with E-state index in [9.17, 15) is 19.1 Å². The summed E-state index contributed by atoms with van der Waals surface area (Å²) in [6.07, 6.45) is 4.97. The van der Waals surface area contributed by atoms with Gasteiger partial charge >= 0.3 is 5.97 Å². The number of aliphatic hydroxyl groups excluding tert-OH is 1. The zero-order valence-corrected chi connectivity index (χ0v) is 20.6. The molecule has 7 atom stereocenters. The van der Waals surface area contributed by atoms with E-state index >= 15 is 0 Å². The molecule has 4 rings (SSSR count). The summed E-state index contributed by atoms with van der Waals surface area (Å²) in [4.78, 5) is 30.9. The van der Waals surface area contributed by atoms with Crippen molar-refractivity contribution in [2.75, 3.05) is 6.54 Å². The maximum atomic E-state index is 13.6. The molecule has 0 radical (unpaired) electrons. The lowest BCUT2D eigenvalue weighted by molar-refractivity contribution is -0.157. The topological polar surface area (TPSA) is 88.5 Å². The highest BCUT2D eigenvalue weighted by Gasteiger charge is 2.66. The Kier molecular flexibility index (Phi) is 7.08. The number of benzene rings is 1. The number of allylic oxidation sites excluding steroid dienone is 1. The molecule has 7 heteroatoms. The minimum absolute atomic E-state index is 0.0813. The van der Waals surface area contributed by atoms with Crippen LogP contribution in [0.15, 0.2) is 48.7 Å². The van der Waals surface area contributed by atoms with Gasteiger partial charge in [-0.1, -0.05) is 38.1 Å². The number of amides is 1. The number of nitrogens with zero attached hydrogens (tertiary/aromatic N) is 1. The summed E-state index contributed by atoms with van der Waals surface area (Å²) in [5, 5.41) is 12.4. The van der Waals surface area contributed by atoms with Crippen molar-refractivity contribution in [3.63, 3.8) is 0 Å². The average Bonchev–Trinajstić information content (AvgIpc) is 3.08. The van der Waals surface area contributed by atoms with E-state index in [4.69, 9.17) is 4.74 Å². The fraction of sp³-hybridized carbons (Fsp3) is 0.464. The average molecular weight is 481 g/mol. The maximum Gasteiger partial charge on any atom is 0.322 e. The second-order valence-corrected chi connectivity index (χ2v) is 10.1.